The van der Waals surface area contributed by atoms with Crippen molar-refractivity contribution in [3.8, 4) is 0 Å². The van der Waals surface area contributed by atoms with Crippen LogP contribution in [0.25, 0.3) is 0 Å². The summed E-state index contributed by atoms with van der Waals surface area (Å²) in [5.74, 6) is -2.76. The van der Waals surface area contributed by atoms with Crippen LogP contribution in [0.5, 0.6) is 0 Å². The van der Waals surface area contributed by atoms with E-state index in [1.807, 2.05) is 6.07 Å². The first kappa shape index (κ1) is 20.4. The van der Waals surface area contributed by atoms with E-state index in [1.165, 1.54) is 18.4 Å². The van der Waals surface area contributed by atoms with Crippen LogP contribution in [-0.2, 0) is 11.3 Å². The Morgan fingerprint density at radius 1 is 1.29 bits per heavy atom. The first-order valence-corrected chi connectivity index (χ1v) is 7.76. The lowest BCUT2D eigenvalue weighted by molar-refractivity contribution is -0.192. The normalized spacial score (nSPS) is 17.0. The number of aliphatic hydroxyl groups excluding tert-OH is 1. The molecular weight excluding hydrogens is 323 g/mol. The number of alkyl halides is 3. The molecule has 1 saturated carbocycles. The van der Waals surface area contributed by atoms with Gasteiger partial charge in [0.1, 0.15) is 0 Å². The Bertz CT molecular complexity index is 516. The van der Waals surface area contributed by atoms with Crippen molar-refractivity contribution in [2.45, 2.75) is 45.5 Å². The molecule has 1 fully saturated rings. The molecule has 0 spiro atoms. The lowest BCUT2D eigenvalue weighted by Crippen LogP contribution is -2.38. The number of aliphatic hydroxyl groups is 1. The van der Waals surface area contributed by atoms with Crippen LogP contribution in [0, 0.1) is 5.41 Å². The number of benzene rings is 1. The summed E-state index contributed by atoms with van der Waals surface area (Å²) >= 11 is 0. The van der Waals surface area contributed by atoms with Gasteiger partial charge in [-0.1, -0.05) is 37.3 Å². The van der Waals surface area contributed by atoms with E-state index in [0.717, 1.165) is 13.1 Å². The number of carboxylic acid groups (broad SMARTS) is 1. The highest BCUT2D eigenvalue weighted by Gasteiger charge is 2.39. The Labute approximate surface area is 139 Å². The van der Waals surface area contributed by atoms with Gasteiger partial charge < -0.3 is 10.2 Å². The van der Waals surface area contributed by atoms with E-state index in [9.17, 15) is 18.3 Å². The van der Waals surface area contributed by atoms with E-state index in [1.54, 1.807) is 0 Å². The van der Waals surface area contributed by atoms with Crippen molar-refractivity contribution in [2.75, 3.05) is 13.2 Å². The Balaban J connectivity index is 0.000000351. The van der Waals surface area contributed by atoms with Crippen LogP contribution in [0.4, 0.5) is 13.2 Å². The molecule has 1 unspecified atom stereocenters. The third-order valence-corrected chi connectivity index (χ3v) is 4.05. The molecule has 24 heavy (non-hydrogen) atoms. The summed E-state index contributed by atoms with van der Waals surface area (Å²) in [5.41, 5.74) is 1.83. The maximum absolute atomic E-state index is 10.6. The van der Waals surface area contributed by atoms with E-state index in [0.29, 0.717) is 5.41 Å². The lowest BCUT2D eigenvalue weighted by atomic mass is 10.1. The summed E-state index contributed by atoms with van der Waals surface area (Å²) < 4.78 is 31.7. The molecule has 1 aromatic rings. The van der Waals surface area contributed by atoms with E-state index in [2.05, 4.69) is 43.0 Å². The minimum absolute atomic E-state index is 0.239. The highest BCUT2D eigenvalue weighted by molar-refractivity contribution is 5.73. The van der Waals surface area contributed by atoms with Crippen molar-refractivity contribution < 1.29 is 28.2 Å². The molecule has 0 heterocycles. The average molecular weight is 347 g/mol. The average Bonchev–Trinajstić information content (AvgIpc) is 3.24. The third-order valence-electron chi connectivity index (χ3n) is 4.05. The Kier molecular flexibility index (Phi) is 7.23. The zero-order chi connectivity index (χ0) is 18.4. The van der Waals surface area contributed by atoms with E-state index >= 15 is 0 Å². The topological polar surface area (TPSA) is 60.8 Å². The second kappa shape index (κ2) is 8.48. The highest BCUT2D eigenvalue weighted by Crippen LogP contribution is 2.45. The van der Waals surface area contributed by atoms with Gasteiger partial charge >= 0.3 is 12.1 Å². The number of halogens is 3. The number of hydrogen-bond donors (Lipinski definition) is 2. The fraction of sp³-hybridized carbons (Fsp3) is 0.588. The predicted octanol–water partition coefficient (Wildman–Crippen LogP) is 3.30. The highest BCUT2D eigenvalue weighted by atomic mass is 19.4. The van der Waals surface area contributed by atoms with Gasteiger partial charge in [0.15, 0.2) is 0 Å². The van der Waals surface area contributed by atoms with Crippen LogP contribution in [0.1, 0.15) is 32.3 Å². The molecule has 0 aliphatic heterocycles. The number of nitrogens with zero attached hydrogens (tertiary/aromatic N) is 1. The molecule has 0 saturated heterocycles. The second-order valence-corrected chi connectivity index (χ2v) is 6.54. The molecular formula is C17H24F3NO3. The molecule has 7 heteroatoms. The molecule has 136 valence electrons. The summed E-state index contributed by atoms with van der Waals surface area (Å²) in [6, 6.07) is 10.8. The summed E-state index contributed by atoms with van der Waals surface area (Å²) in [4.78, 5) is 11.3. The maximum atomic E-state index is 10.6. The van der Waals surface area contributed by atoms with E-state index < -0.39 is 12.1 Å². The van der Waals surface area contributed by atoms with Gasteiger partial charge in [-0.15, -0.1) is 0 Å². The van der Waals surface area contributed by atoms with Gasteiger partial charge in [-0.25, -0.2) is 4.79 Å². The first-order valence-electron chi connectivity index (χ1n) is 7.76. The fourth-order valence-corrected chi connectivity index (χ4v) is 2.16. The minimum Gasteiger partial charge on any atom is -0.475 e. The molecule has 1 atom stereocenters. The number of carbonyl (C=O) groups is 1. The Hall–Kier alpha value is -1.60. The Morgan fingerprint density at radius 3 is 2.17 bits per heavy atom. The lowest BCUT2D eigenvalue weighted by Gasteiger charge is -2.30. The van der Waals surface area contributed by atoms with E-state index in [4.69, 9.17) is 9.90 Å². The molecule has 1 aliphatic rings. The first-order chi connectivity index (χ1) is 11.1. The SMILES string of the molecule is CC(CO)N(Cc1ccccc1)CC1(C)CC1.O=C(O)C(F)(F)F. The molecule has 0 amide bonds. The largest absolute Gasteiger partial charge is 0.490 e. The van der Waals surface area contributed by atoms with Gasteiger partial charge in [0.2, 0.25) is 0 Å². The predicted molar refractivity (Wildman–Crippen MR) is 84.4 cm³/mol. The second-order valence-electron chi connectivity index (χ2n) is 6.54. The number of rotatable bonds is 6. The smallest absolute Gasteiger partial charge is 0.475 e. The quantitative estimate of drug-likeness (QED) is 0.829. The minimum atomic E-state index is -5.08. The summed E-state index contributed by atoms with van der Waals surface area (Å²) in [5, 5.41) is 16.5. The Morgan fingerprint density at radius 2 is 1.79 bits per heavy atom. The summed E-state index contributed by atoms with van der Waals surface area (Å²) in [6.07, 6.45) is -2.42. The number of aliphatic carboxylic acids is 1. The maximum Gasteiger partial charge on any atom is 0.490 e. The van der Waals surface area contributed by atoms with Gasteiger partial charge in [-0.05, 0) is 30.7 Å². The van der Waals surface area contributed by atoms with Gasteiger partial charge in [0.05, 0.1) is 6.61 Å². The third kappa shape index (κ3) is 7.31. The van der Waals surface area contributed by atoms with Crippen LogP contribution in [0.2, 0.25) is 0 Å². The van der Waals surface area contributed by atoms with Gasteiger partial charge in [0.25, 0.3) is 0 Å². The van der Waals surface area contributed by atoms with Crippen LogP contribution in [0.3, 0.4) is 0 Å². The molecule has 2 N–H and O–H groups in total. The van der Waals surface area contributed by atoms with Crippen molar-refractivity contribution in [2.24, 2.45) is 5.41 Å². The van der Waals surface area contributed by atoms with Gasteiger partial charge in [-0.3, -0.25) is 4.90 Å². The zero-order valence-electron chi connectivity index (χ0n) is 13.9. The molecule has 0 aromatic heterocycles. The van der Waals surface area contributed by atoms with Gasteiger partial charge in [-0.2, -0.15) is 13.2 Å². The van der Waals surface area contributed by atoms with Crippen LogP contribution >= 0.6 is 0 Å². The summed E-state index contributed by atoms with van der Waals surface area (Å²) in [6.45, 7) is 6.73. The molecule has 4 nitrogen and oxygen atoms in total. The standard InChI is InChI=1S/C15H23NO.C2HF3O2/c1-13(11-17)16(12-15(2)8-9-15)10-14-6-4-3-5-7-14;3-2(4,5)1(6)7/h3-7,13,17H,8-12H2,1-2H3;(H,6,7). The van der Waals surface area contributed by atoms with Crippen LogP contribution in [-0.4, -0.2) is 46.5 Å². The zero-order valence-corrected chi connectivity index (χ0v) is 13.9. The molecule has 1 aliphatic carbocycles. The van der Waals surface area contributed by atoms with Crippen molar-refractivity contribution in [1.82, 2.24) is 4.90 Å². The van der Waals surface area contributed by atoms with Crippen LogP contribution < -0.4 is 0 Å². The van der Waals surface area contributed by atoms with Gasteiger partial charge in [0, 0.05) is 19.1 Å². The van der Waals surface area contributed by atoms with Crippen molar-refractivity contribution in [3.05, 3.63) is 35.9 Å². The molecule has 1 aromatic carbocycles. The monoisotopic (exact) mass is 347 g/mol. The van der Waals surface area contributed by atoms with Crippen LogP contribution in [0.15, 0.2) is 30.3 Å². The molecule has 2 rings (SSSR count). The number of hydrogen-bond acceptors (Lipinski definition) is 3. The molecule has 0 radical (unpaired) electrons. The van der Waals surface area contributed by atoms with Crippen molar-refractivity contribution >= 4 is 5.97 Å². The fourth-order valence-electron chi connectivity index (χ4n) is 2.16. The number of carboxylic acids is 1. The van der Waals surface area contributed by atoms with Crippen molar-refractivity contribution in [1.29, 1.82) is 0 Å². The summed E-state index contributed by atoms with van der Waals surface area (Å²) in [7, 11) is 0. The molecule has 0 bridgehead atoms. The van der Waals surface area contributed by atoms with E-state index in [-0.39, 0.29) is 12.6 Å². The van der Waals surface area contributed by atoms with Crippen molar-refractivity contribution in [3.63, 3.8) is 0 Å².